The lowest BCUT2D eigenvalue weighted by Crippen LogP contribution is -2.34. The molecule has 1 saturated heterocycles. The fourth-order valence-corrected chi connectivity index (χ4v) is 1.67. The van der Waals surface area contributed by atoms with Crippen LogP contribution >= 0.6 is 0 Å². The van der Waals surface area contributed by atoms with Crippen LogP contribution in [0.4, 0.5) is 5.82 Å². The molecule has 2 rings (SSSR count). The molecule has 1 aromatic heterocycles. The van der Waals surface area contributed by atoms with Gasteiger partial charge < -0.3 is 15.4 Å². The van der Waals surface area contributed by atoms with Crippen molar-refractivity contribution in [2.24, 2.45) is 0 Å². The summed E-state index contributed by atoms with van der Waals surface area (Å²) in [5, 5.41) is 12.3. The van der Waals surface area contributed by atoms with Crippen LogP contribution in [0.15, 0.2) is 12.3 Å². The molecule has 1 fully saturated rings. The summed E-state index contributed by atoms with van der Waals surface area (Å²) in [5.74, 6) is 0.446. The molecular weight excluding hydrogens is 208 g/mol. The summed E-state index contributed by atoms with van der Waals surface area (Å²) in [6, 6.07) is 1.70. The van der Waals surface area contributed by atoms with Crippen LogP contribution < -0.4 is 10.6 Å². The van der Waals surface area contributed by atoms with Gasteiger partial charge in [-0.1, -0.05) is 0 Å². The lowest BCUT2D eigenvalue weighted by Gasteiger charge is -2.22. The SMILES string of the molecule is O=C(COC1CCNCC1)Nc1ccn[nH]1. The molecule has 0 atom stereocenters. The predicted octanol–water partition coefficient (Wildman–Crippen LogP) is 0.117. The number of piperidine rings is 1. The van der Waals surface area contributed by atoms with E-state index in [1.54, 1.807) is 12.3 Å². The maximum Gasteiger partial charge on any atom is 0.251 e. The second kappa shape index (κ2) is 5.62. The second-order valence-electron chi connectivity index (χ2n) is 3.78. The van der Waals surface area contributed by atoms with Crippen LogP contribution in [0, 0.1) is 0 Å². The largest absolute Gasteiger partial charge is 0.368 e. The molecule has 0 aliphatic carbocycles. The van der Waals surface area contributed by atoms with Crippen molar-refractivity contribution >= 4 is 11.7 Å². The number of aromatic nitrogens is 2. The van der Waals surface area contributed by atoms with Gasteiger partial charge in [-0.25, -0.2) is 0 Å². The number of aromatic amines is 1. The standard InChI is InChI=1S/C10H16N4O2/c15-10(13-9-3-6-12-14-9)7-16-8-1-4-11-5-2-8/h3,6,8,11H,1-2,4-5,7H2,(H2,12,13,14,15). The highest BCUT2D eigenvalue weighted by Gasteiger charge is 2.14. The van der Waals surface area contributed by atoms with Crippen LogP contribution in [-0.4, -0.2) is 41.9 Å². The van der Waals surface area contributed by atoms with Crippen LogP contribution in [0.3, 0.4) is 0 Å². The molecule has 88 valence electrons. The number of nitrogens with zero attached hydrogens (tertiary/aromatic N) is 1. The molecule has 16 heavy (non-hydrogen) atoms. The van der Waals surface area contributed by atoms with Gasteiger partial charge in [-0.15, -0.1) is 0 Å². The van der Waals surface area contributed by atoms with E-state index in [9.17, 15) is 4.79 Å². The number of anilines is 1. The zero-order chi connectivity index (χ0) is 11.2. The lowest BCUT2D eigenvalue weighted by atomic mass is 10.1. The zero-order valence-corrected chi connectivity index (χ0v) is 9.03. The second-order valence-corrected chi connectivity index (χ2v) is 3.78. The third-order valence-corrected chi connectivity index (χ3v) is 2.51. The summed E-state index contributed by atoms with van der Waals surface area (Å²) in [5.41, 5.74) is 0. The first-order valence-electron chi connectivity index (χ1n) is 5.46. The molecule has 0 bridgehead atoms. The van der Waals surface area contributed by atoms with Crippen LogP contribution in [0.1, 0.15) is 12.8 Å². The Morgan fingerprint density at radius 1 is 1.56 bits per heavy atom. The van der Waals surface area contributed by atoms with Crippen molar-refractivity contribution in [3.63, 3.8) is 0 Å². The summed E-state index contributed by atoms with van der Waals surface area (Å²) in [6.07, 6.45) is 3.73. The van der Waals surface area contributed by atoms with Crippen molar-refractivity contribution in [1.82, 2.24) is 15.5 Å². The van der Waals surface area contributed by atoms with Crippen molar-refractivity contribution in [3.8, 4) is 0 Å². The van der Waals surface area contributed by atoms with Gasteiger partial charge in [0.15, 0.2) is 0 Å². The maximum atomic E-state index is 11.5. The molecule has 1 aliphatic rings. The Kier molecular flexibility index (Phi) is 3.90. The van der Waals surface area contributed by atoms with Gasteiger partial charge in [-0.3, -0.25) is 9.89 Å². The number of hydrogen-bond acceptors (Lipinski definition) is 4. The Morgan fingerprint density at radius 3 is 3.06 bits per heavy atom. The van der Waals surface area contributed by atoms with E-state index in [2.05, 4.69) is 20.8 Å². The number of H-pyrrole nitrogens is 1. The van der Waals surface area contributed by atoms with Crippen molar-refractivity contribution in [2.75, 3.05) is 25.0 Å². The van der Waals surface area contributed by atoms with Gasteiger partial charge in [0.25, 0.3) is 5.91 Å². The summed E-state index contributed by atoms with van der Waals surface area (Å²) in [6.45, 7) is 2.03. The van der Waals surface area contributed by atoms with Crippen LogP contribution in [0.25, 0.3) is 0 Å². The van der Waals surface area contributed by atoms with E-state index in [0.717, 1.165) is 25.9 Å². The van der Waals surface area contributed by atoms with Crippen LogP contribution in [0.2, 0.25) is 0 Å². The van der Waals surface area contributed by atoms with Gasteiger partial charge in [0.2, 0.25) is 0 Å². The van der Waals surface area contributed by atoms with E-state index in [1.165, 1.54) is 0 Å². The average Bonchev–Trinajstić information content (AvgIpc) is 2.81. The van der Waals surface area contributed by atoms with E-state index in [1.807, 2.05) is 0 Å². The van der Waals surface area contributed by atoms with E-state index in [-0.39, 0.29) is 18.6 Å². The van der Waals surface area contributed by atoms with Crippen LogP contribution in [-0.2, 0) is 9.53 Å². The van der Waals surface area contributed by atoms with E-state index < -0.39 is 0 Å². The Labute approximate surface area is 93.8 Å². The predicted molar refractivity (Wildman–Crippen MR) is 59.1 cm³/mol. The third kappa shape index (κ3) is 3.32. The van der Waals surface area contributed by atoms with E-state index in [0.29, 0.717) is 5.82 Å². The van der Waals surface area contributed by atoms with Gasteiger partial charge in [0.1, 0.15) is 12.4 Å². The minimum atomic E-state index is -0.150. The number of rotatable bonds is 4. The average molecular weight is 224 g/mol. The van der Waals surface area contributed by atoms with Crippen molar-refractivity contribution < 1.29 is 9.53 Å². The van der Waals surface area contributed by atoms with E-state index >= 15 is 0 Å². The summed E-state index contributed by atoms with van der Waals surface area (Å²) in [7, 11) is 0. The minimum absolute atomic E-state index is 0.101. The highest BCUT2D eigenvalue weighted by atomic mass is 16.5. The molecule has 6 heteroatoms. The molecule has 1 amide bonds. The first-order chi connectivity index (χ1) is 7.84. The first-order valence-corrected chi connectivity index (χ1v) is 5.46. The quantitative estimate of drug-likeness (QED) is 0.678. The number of amides is 1. The van der Waals surface area contributed by atoms with Gasteiger partial charge in [0.05, 0.1) is 12.3 Å². The molecule has 1 aliphatic heterocycles. The maximum absolute atomic E-state index is 11.5. The number of ether oxygens (including phenoxy) is 1. The molecule has 3 N–H and O–H groups in total. The molecule has 2 heterocycles. The Balaban J connectivity index is 1.67. The molecule has 0 aromatic carbocycles. The monoisotopic (exact) mass is 224 g/mol. The summed E-state index contributed by atoms with van der Waals surface area (Å²) in [4.78, 5) is 11.5. The molecule has 0 unspecified atom stereocenters. The molecular formula is C10H16N4O2. The Hall–Kier alpha value is -1.40. The van der Waals surface area contributed by atoms with Crippen molar-refractivity contribution in [2.45, 2.75) is 18.9 Å². The number of carbonyl (C=O) groups excluding carboxylic acids is 1. The topological polar surface area (TPSA) is 79.0 Å². The molecule has 6 nitrogen and oxygen atoms in total. The van der Waals surface area contributed by atoms with Gasteiger partial charge in [0, 0.05) is 6.07 Å². The fraction of sp³-hybridized carbons (Fsp3) is 0.600. The lowest BCUT2D eigenvalue weighted by molar-refractivity contribution is -0.123. The Bertz CT molecular complexity index is 320. The summed E-state index contributed by atoms with van der Waals surface area (Å²) < 4.78 is 5.51. The highest BCUT2D eigenvalue weighted by molar-refractivity contribution is 5.90. The molecule has 1 aromatic rings. The Morgan fingerprint density at radius 2 is 2.38 bits per heavy atom. The number of carbonyl (C=O) groups is 1. The number of nitrogens with one attached hydrogen (secondary N) is 3. The van der Waals surface area contributed by atoms with E-state index in [4.69, 9.17) is 4.74 Å². The number of hydrogen-bond donors (Lipinski definition) is 3. The zero-order valence-electron chi connectivity index (χ0n) is 9.03. The highest BCUT2D eigenvalue weighted by Crippen LogP contribution is 2.07. The molecule has 0 spiro atoms. The normalized spacial score (nSPS) is 17.2. The van der Waals surface area contributed by atoms with Crippen molar-refractivity contribution in [1.29, 1.82) is 0 Å². The van der Waals surface area contributed by atoms with Crippen molar-refractivity contribution in [3.05, 3.63) is 12.3 Å². The fourth-order valence-electron chi connectivity index (χ4n) is 1.67. The van der Waals surface area contributed by atoms with Gasteiger partial charge in [-0.05, 0) is 25.9 Å². The first kappa shape index (κ1) is 11.1. The molecule has 0 radical (unpaired) electrons. The smallest absolute Gasteiger partial charge is 0.251 e. The molecule has 0 saturated carbocycles. The van der Waals surface area contributed by atoms with Gasteiger partial charge >= 0.3 is 0 Å². The third-order valence-electron chi connectivity index (χ3n) is 2.51. The van der Waals surface area contributed by atoms with Gasteiger partial charge in [-0.2, -0.15) is 5.10 Å². The minimum Gasteiger partial charge on any atom is -0.368 e. The summed E-state index contributed by atoms with van der Waals surface area (Å²) >= 11 is 0. The van der Waals surface area contributed by atoms with Crippen LogP contribution in [0.5, 0.6) is 0 Å².